The maximum atomic E-state index is 12.8. The second-order valence-corrected chi connectivity index (χ2v) is 8.43. The Balaban J connectivity index is 1.33. The highest BCUT2D eigenvalue weighted by atomic mass is 32.1. The highest BCUT2D eigenvalue weighted by Crippen LogP contribution is 2.56. The van der Waals surface area contributed by atoms with E-state index in [0.29, 0.717) is 17.0 Å². The largest absolute Gasteiger partial charge is 0.497 e. The summed E-state index contributed by atoms with van der Waals surface area (Å²) in [6.07, 6.45) is 5.31. The molecular weight excluding hydrogens is 346 g/mol. The minimum Gasteiger partial charge on any atom is -0.497 e. The van der Waals surface area contributed by atoms with Crippen LogP contribution in [-0.4, -0.2) is 54.0 Å². The molecule has 1 saturated heterocycles. The molecule has 2 aromatic rings. The molecule has 1 spiro atoms. The summed E-state index contributed by atoms with van der Waals surface area (Å²) in [4.78, 5) is 21.6. The van der Waals surface area contributed by atoms with Gasteiger partial charge in [-0.15, -0.1) is 11.3 Å². The first-order valence-electron chi connectivity index (χ1n) is 9.13. The Kier molecular flexibility index (Phi) is 4.71. The summed E-state index contributed by atoms with van der Waals surface area (Å²) in [5.74, 6) is 0.850. The number of thiazole rings is 1. The molecule has 2 heterocycles. The van der Waals surface area contributed by atoms with Crippen LogP contribution in [0.25, 0.3) is 0 Å². The Hall–Kier alpha value is -1.92. The van der Waals surface area contributed by atoms with Crippen molar-refractivity contribution in [1.82, 2.24) is 14.8 Å². The minimum absolute atomic E-state index is 0.118. The van der Waals surface area contributed by atoms with Crippen molar-refractivity contribution in [3.8, 4) is 5.75 Å². The third-order valence-corrected chi connectivity index (χ3v) is 6.67. The predicted molar refractivity (Wildman–Crippen MR) is 103 cm³/mol. The second kappa shape index (κ2) is 7.00. The van der Waals surface area contributed by atoms with Crippen LogP contribution in [0.1, 0.15) is 34.6 Å². The number of amides is 1. The average Bonchev–Trinajstić information content (AvgIpc) is 3.12. The molecule has 0 unspecified atom stereocenters. The number of hydrogen-bond donors (Lipinski definition) is 0. The molecule has 4 rings (SSSR count). The van der Waals surface area contributed by atoms with Gasteiger partial charge in [0.05, 0.1) is 13.7 Å². The van der Waals surface area contributed by atoms with Gasteiger partial charge >= 0.3 is 0 Å². The number of ether oxygens (including phenoxy) is 1. The van der Waals surface area contributed by atoms with E-state index in [4.69, 9.17) is 4.74 Å². The van der Waals surface area contributed by atoms with E-state index in [9.17, 15) is 4.79 Å². The molecule has 1 saturated carbocycles. The van der Waals surface area contributed by atoms with E-state index in [2.05, 4.69) is 16.9 Å². The zero-order valence-corrected chi connectivity index (χ0v) is 16.2. The normalized spacial score (nSPS) is 21.2. The van der Waals surface area contributed by atoms with E-state index in [0.717, 1.165) is 38.2 Å². The Morgan fingerprint density at radius 2 is 2.23 bits per heavy atom. The molecule has 1 aromatic carbocycles. The molecule has 138 valence electrons. The lowest BCUT2D eigenvalue weighted by Gasteiger charge is -2.34. The summed E-state index contributed by atoms with van der Waals surface area (Å²) in [6.45, 7) is 2.62. The Morgan fingerprint density at radius 1 is 1.42 bits per heavy atom. The van der Waals surface area contributed by atoms with Crippen LogP contribution in [0.5, 0.6) is 5.75 Å². The number of nitrogens with zero attached hydrogens (tertiary/aromatic N) is 3. The predicted octanol–water partition coefficient (Wildman–Crippen LogP) is 3.28. The van der Waals surface area contributed by atoms with Gasteiger partial charge in [-0.25, -0.2) is 4.98 Å². The zero-order chi connectivity index (χ0) is 18.1. The van der Waals surface area contributed by atoms with Crippen LogP contribution >= 0.6 is 11.3 Å². The third-order valence-electron chi connectivity index (χ3n) is 5.91. The highest BCUT2D eigenvalue weighted by Gasteiger charge is 2.56. The molecule has 1 aliphatic carbocycles. The van der Waals surface area contributed by atoms with Gasteiger partial charge in [-0.05, 0) is 49.9 Å². The van der Waals surface area contributed by atoms with Crippen molar-refractivity contribution < 1.29 is 9.53 Å². The van der Waals surface area contributed by atoms with Gasteiger partial charge in [-0.1, -0.05) is 6.07 Å². The molecule has 1 atom stereocenters. The topological polar surface area (TPSA) is 45.7 Å². The number of carbonyl (C=O) groups excluding carboxylic acids is 1. The third kappa shape index (κ3) is 3.35. The number of likely N-dealkylation sites (tertiary alicyclic amines) is 1. The summed E-state index contributed by atoms with van der Waals surface area (Å²) < 4.78 is 5.24. The fraction of sp³-hybridized carbons (Fsp3) is 0.500. The van der Waals surface area contributed by atoms with E-state index < -0.39 is 0 Å². The van der Waals surface area contributed by atoms with Crippen molar-refractivity contribution in [2.45, 2.75) is 31.8 Å². The summed E-state index contributed by atoms with van der Waals surface area (Å²) in [5.41, 5.74) is 1.12. The second-order valence-electron chi connectivity index (χ2n) is 7.45. The maximum absolute atomic E-state index is 12.8. The molecule has 1 aliphatic heterocycles. The first-order valence-corrected chi connectivity index (χ1v) is 10.0. The number of rotatable bonds is 5. The van der Waals surface area contributed by atoms with Crippen molar-refractivity contribution in [2.75, 3.05) is 27.2 Å². The highest BCUT2D eigenvalue weighted by molar-refractivity contribution is 7.09. The lowest BCUT2D eigenvalue weighted by atomic mass is 9.92. The summed E-state index contributed by atoms with van der Waals surface area (Å²) in [6, 6.07) is 8.07. The van der Waals surface area contributed by atoms with Crippen LogP contribution in [-0.2, 0) is 6.54 Å². The van der Waals surface area contributed by atoms with Gasteiger partial charge in [0.15, 0.2) is 0 Å². The monoisotopic (exact) mass is 371 g/mol. The molecule has 2 fully saturated rings. The van der Waals surface area contributed by atoms with Gasteiger partial charge in [-0.2, -0.15) is 0 Å². The number of carbonyl (C=O) groups is 1. The molecule has 0 bridgehead atoms. The number of methoxy groups -OCH3 is 1. The molecule has 1 amide bonds. The zero-order valence-electron chi connectivity index (χ0n) is 15.4. The SMILES string of the molecule is COc1cccc(C(=O)N2CCC3(CC2)C[C@@H]3N(C)Cc2nccs2)c1. The fourth-order valence-corrected chi connectivity index (χ4v) is 4.91. The van der Waals surface area contributed by atoms with Crippen LogP contribution in [0.2, 0.25) is 0 Å². The van der Waals surface area contributed by atoms with Crippen molar-refractivity contribution in [3.63, 3.8) is 0 Å². The molecule has 6 heteroatoms. The fourth-order valence-electron chi connectivity index (χ4n) is 4.24. The molecule has 26 heavy (non-hydrogen) atoms. The molecule has 5 nitrogen and oxygen atoms in total. The Bertz CT molecular complexity index is 769. The van der Waals surface area contributed by atoms with Gasteiger partial charge in [0.2, 0.25) is 0 Å². The summed E-state index contributed by atoms with van der Waals surface area (Å²) in [7, 11) is 3.83. The van der Waals surface area contributed by atoms with Gasteiger partial charge < -0.3 is 9.64 Å². The molecule has 0 radical (unpaired) electrons. The van der Waals surface area contributed by atoms with Crippen LogP contribution in [0, 0.1) is 5.41 Å². The number of piperidine rings is 1. The smallest absolute Gasteiger partial charge is 0.253 e. The van der Waals surface area contributed by atoms with Gasteiger partial charge in [0.25, 0.3) is 5.91 Å². The van der Waals surface area contributed by atoms with Gasteiger partial charge in [0, 0.05) is 36.3 Å². The Morgan fingerprint density at radius 3 is 2.92 bits per heavy atom. The number of aromatic nitrogens is 1. The number of benzene rings is 1. The maximum Gasteiger partial charge on any atom is 0.253 e. The van der Waals surface area contributed by atoms with E-state index in [-0.39, 0.29) is 5.91 Å². The summed E-state index contributed by atoms with van der Waals surface area (Å²) >= 11 is 1.72. The van der Waals surface area contributed by atoms with Gasteiger partial charge in [-0.3, -0.25) is 9.69 Å². The first-order chi connectivity index (χ1) is 12.6. The molecule has 1 aromatic heterocycles. The average molecular weight is 372 g/mol. The Labute approximate surface area is 158 Å². The summed E-state index contributed by atoms with van der Waals surface area (Å²) in [5, 5.41) is 3.22. The van der Waals surface area contributed by atoms with Crippen LogP contribution in [0.15, 0.2) is 35.8 Å². The van der Waals surface area contributed by atoms with E-state index in [1.165, 1.54) is 11.4 Å². The van der Waals surface area contributed by atoms with Crippen LogP contribution in [0.4, 0.5) is 0 Å². The van der Waals surface area contributed by atoms with Crippen molar-refractivity contribution in [1.29, 1.82) is 0 Å². The van der Waals surface area contributed by atoms with E-state index >= 15 is 0 Å². The van der Waals surface area contributed by atoms with E-state index in [1.807, 2.05) is 40.7 Å². The van der Waals surface area contributed by atoms with Crippen LogP contribution in [0.3, 0.4) is 0 Å². The van der Waals surface area contributed by atoms with Crippen LogP contribution < -0.4 is 4.74 Å². The standard InChI is InChI=1S/C20H25N3O2S/c1-22(14-18-21-8-11-26-18)17-13-20(17)6-9-23(10-7-20)19(24)15-4-3-5-16(12-15)25-2/h3-5,8,11-12,17H,6-7,9-10,13-14H2,1-2H3/t17-/m0/s1. The molecule has 2 aliphatic rings. The van der Waals surface area contributed by atoms with Crippen molar-refractivity contribution >= 4 is 17.2 Å². The van der Waals surface area contributed by atoms with Gasteiger partial charge in [0.1, 0.15) is 10.8 Å². The van der Waals surface area contributed by atoms with E-state index in [1.54, 1.807) is 18.4 Å². The molecule has 0 N–H and O–H groups in total. The number of hydrogen-bond acceptors (Lipinski definition) is 5. The minimum atomic E-state index is 0.118. The van der Waals surface area contributed by atoms with Crippen molar-refractivity contribution in [3.05, 3.63) is 46.4 Å². The lowest BCUT2D eigenvalue weighted by molar-refractivity contribution is 0.0657. The quantitative estimate of drug-likeness (QED) is 0.809. The first kappa shape index (κ1) is 17.5. The molecular formula is C20H25N3O2S. The van der Waals surface area contributed by atoms with Crippen molar-refractivity contribution in [2.24, 2.45) is 5.41 Å². The lowest BCUT2D eigenvalue weighted by Crippen LogP contribution is -2.41.